The molecule has 1 saturated heterocycles. The summed E-state index contributed by atoms with van der Waals surface area (Å²) in [6.07, 6.45) is -4.08. The summed E-state index contributed by atoms with van der Waals surface area (Å²) in [7, 11) is 0. The Kier molecular flexibility index (Phi) is 6.64. The van der Waals surface area contributed by atoms with Gasteiger partial charge >= 0.3 is 17.9 Å². The van der Waals surface area contributed by atoms with Crippen LogP contribution in [0.25, 0.3) is 11.1 Å². The van der Waals surface area contributed by atoms with E-state index in [4.69, 9.17) is 18.9 Å². The predicted octanol–water partition coefficient (Wildman–Crippen LogP) is 1.81. The maximum Gasteiger partial charge on any atom is 0.305 e. The number of rotatable bonds is 5. The van der Waals surface area contributed by atoms with Gasteiger partial charge in [0.15, 0.2) is 12.3 Å². The van der Waals surface area contributed by atoms with E-state index in [1.165, 1.54) is 12.3 Å². The van der Waals surface area contributed by atoms with Gasteiger partial charge in [0.25, 0.3) is 5.56 Å². The van der Waals surface area contributed by atoms with Gasteiger partial charge in [-0.3, -0.25) is 23.7 Å². The number of aromatic nitrogens is 1. The molecule has 1 aliphatic rings. The summed E-state index contributed by atoms with van der Waals surface area (Å²) in [5.74, 6) is -2.44. The molecule has 2 aromatic rings. The molecule has 0 radical (unpaired) electrons. The lowest BCUT2D eigenvalue weighted by molar-refractivity contribution is -0.198. The summed E-state index contributed by atoms with van der Waals surface area (Å²) in [6, 6.07) is 8.21. The van der Waals surface area contributed by atoms with Gasteiger partial charge in [0.05, 0.1) is 5.56 Å². The van der Waals surface area contributed by atoms with E-state index in [2.05, 4.69) is 0 Å². The molecule has 10 nitrogen and oxygen atoms in total. The fraction of sp³-hybridized carbons (Fsp3) is 0.364. The van der Waals surface area contributed by atoms with Crippen LogP contribution >= 0.6 is 0 Å². The van der Waals surface area contributed by atoms with E-state index < -0.39 is 48.2 Å². The van der Waals surface area contributed by atoms with E-state index in [0.717, 1.165) is 30.9 Å². The van der Waals surface area contributed by atoms with Crippen molar-refractivity contribution in [3.63, 3.8) is 0 Å². The highest BCUT2D eigenvalue weighted by molar-refractivity contribution is 5.70. The summed E-state index contributed by atoms with van der Waals surface area (Å²) in [4.78, 5) is 48.2. The number of nitrogens with zero attached hydrogens (tertiary/aromatic N) is 1. The van der Waals surface area contributed by atoms with Crippen molar-refractivity contribution < 1.29 is 38.4 Å². The standard InChI is InChI=1S/C22H23NO9/c1-11-5-7-15(8-6-11)17-16(27)9-10-23(20(17)28)21-18(29-12(2)24)19(30-13(3)25)22(32-21)31-14(4)26/h5-10,18-19,21-22,27H,1-4H3. The summed E-state index contributed by atoms with van der Waals surface area (Å²) in [6.45, 7) is 5.28. The molecule has 10 heteroatoms. The highest BCUT2D eigenvalue weighted by atomic mass is 16.8. The van der Waals surface area contributed by atoms with E-state index in [-0.39, 0.29) is 11.3 Å². The molecule has 3 rings (SSSR count). The lowest BCUT2D eigenvalue weighted by Gasteiger charge is -2.24. The van der Waals surface area contributed by atoms with Gasteiger partial charge in [0.1, 0.15) is 5.75 Å². The first-order chi connectivity index (χ1) is 15.1. The molecule has 170 valence electrons. The molecular formula is C22H23NO9. The van der Waals surface area contributed by atoms with Gasteiger partial charge in [0.2, 0.25) is 12.4 Å². The zero-order valence-electron chi connectivity index (χ0n) is 17.9. The molecule has 0 aliphatic carbocycles. The highest BCUT2D eigenvalue weighted by Gasteiger charge is 2.52. The molecule has 1 aliphatic heterocycles. The topological polar surface area (TPSA) is 130 Å². The van der Waals surface area contributed by atoms with Crippen LogP contribution < -0.4 is 5.56 Å². The van der Waals surface area contributed by atoms with Crippen molar-refractivity contribution in [1.29, 1.82) is 0 Å². The third-order valence-corrected chi connectivity index (χ3v) is 4.74. The molecule has 4 unspecified atom stereocenters. The van der Waals surface area contributed by atoms with Crippen molar-refractivity contribution in [2.24, 2.45) is 0 Å². The quantitative estimate of drug-likeness (QED) is 0.541. The zero-order chi connectivity index (χ0) is 23.6. The second kappa shape index (κ2) is 9.23. The Morgan fingerprint density at radius 2 is 1.47 bits per heavy atom. The molecule has 1 aromatic heterocycles. The lowest BCUT2D eigenvalue weighted by Crippen LogP contribution is -2.41. The number of aryl methyl sites for hydroxylation is 1. The summed E-state index contributed by atoms with van der Waals surface area (Å²) in [5.41, 5.74) is 0.772. The minimum absolute atomic E-state index is 0.00218. The van der Waals surface area contributed by atoms with E-state index in [0.29, 0.717) is 5.56 Å². The number of aromatic hydroxyl groups is 1. The van der Waals surface area contributed by atoms with Crippen molar-refractivity contribution in [1.82, 2.24) is 4.57 Å². The van der Waals surface area contributed by atoms with E-state index in [1.54, 1.807) is 24.3 Å². The summed E-state index contributed by atoms with van der Waals surface area (Å²) >= 11 is 0. The van der Waals surface area contributed by atoms with Crippen LogP contribution in [0.1, 0.15) is 32.6 Å². The molecule has 32 heavy (non-hydrogen) atoms. The summed E-state index contributed by atoms with van der Waals surface area (Å²) < 4.78 is 22.4. The number of carbonyl (C=O) groups excluding carboxylic acids is 3. The predicted molar refractivity (Wildman–Crippen MR) is 109 cm³/mol. The average Bonchev–Trinajstić information content (AvgIpc) is 2.98. The van der Waals surface area contributed by atoms with Gasteiger partial charge < -0.3 is 24.1 Å². The Balaban J connectivity index is 2.11. The highest BCUT2D eigenvalue weighted by Crippen LogP contribution is 2.35. The third-order valence-electron chi connectivity index (χ3n) is 4.74. The monoisotopic (exact) mass is 445 g/mol. The van der Waals surface area contributed by atoms with Gasteiger partial charge in [-0.1, -0.05) is 29.8 Å². The van der Waals surface area contributed by atoms with Crippen LogP contribution in [0.15, 0.2) is 41.3 Å². The van der Waals surface area contributed by atoms with Crippen LogP contribution in [0, 0.1) is 6.92 Å². The van der Waals surface area contributed by atoms with E-state index in [9.17, 15) is 24.3 Å². The van der Waals surface area contributed by atoms with Gasteiger partial charge in [-0.2, -0.15) is 0 Å². The number of hydrogen-bond acceptors (Lipinski definition) is 9. The fourth-order valence-corrected chi connectivity index (χ4v) is 3.46. The van der Waals surface area contributed by atoms with Crippen molar-refractivity contribution >= 4 is 17.9 Å². The lowest BCUT2D eigenvalue weighted by atomic mass is 10.0. The molecule has 2 heterocycles. The molecule has 0 spiro atoms. The molecule has 0 saturated carbocycles. The number of carbonyl (C=O) groups is 3. The van der Waals surface area contributed by atoms with E-state index >= 15 is 0 Å². The third kappa shape index (κ3) is 4.80. The minimum atomic E-state index is -1.42. The number of ether oxygens (including phenoxy) is 4. The van der Waals surface area contributed by atoms with Gasteiger partial charge in [0, 0.05) is 27.0 Å². The first-order valence-electron chi connectivity index (χ1n) is 9.76. The van der Waals surface area contributed by atoms with Crippen LogP contribution in [0.4, 0.5) is 0 Å². The molecule has 1 fully saturated rings. The van der Waals surface area contributed by atoms with Crippen LogP contribution in [-0.4, -0.2) is 46.1 Å². The second-order valence-electron chi connectivity index (χ2n) is 7.31. The van der Waals surface area contributed by atoms with Gasteiger partial charge in [-0.25, -0.2) is 0 Å². The Morgan fingerprint density at radius 1 is 0.906 bits per heavy atom. The Hall–Kier alpha value is -3.66. The van der Waals surface area contributed by atoms with Crippen molar-refractivity contribution in [2.75, 3.05) is 0 Å². The van der Waals surface area contributed by atoms with Gasteiger partial charge in [-0.15, -0.1) is 0 Å². The fourth-order valence-electron chi connectivity index (χ4n) is 3.46. The van der Waals surface area contributed by atoms with Crippen LogP contribution in [0.3, 0.4) is 0 Å². The molecule has 0 bridgehead atoms. The van der Waals surface area contributed by atoms with E-state index in [1.807, 2.05) is 6.92 Å². The SMILES string of the molecule is CC(=O)OC1OC(n2ccc(O)c(-c3ccc(C)cc3)c2=O)C(OC(C)=O)C1OC(C)=O. The second-order valence-corrected chi connectivity index (χ2v) is 7.31. The normalized spacial score (nSPS) is 22.2. The first kappa shape index (κ1) is 23.0. The maximum atomic E-state index is 13.3. The number of esters is 3. The Morgan fingerprint density at radius 3 is 2.03 bits per heavy atom. The largest absolute Gasteiger partial charge is 0.507 e. The van der Waals surface area contributed by atoms with Crippen molar-refractivity contribution in [3.05, 3.63) is 52.4 Å². The number of benzene rings is 1. The van der Waals surface area contributed by atoms with Gasteiger partial charge in [-0.05, 0) is 18.6 Å². The van der Waals surface area contributed by atoms with Crippen LogP contribution in [0.2, 0.25) is 0 Å². The zero-order valence-corrected chi connectivity index (χ0v) is 17.9. The Labute approximate surface area is 183 Å². The molecule has 4 atom stereocenters. The Bertz CT molecular complexity index is 1090. The first-order valence-corrected chi connectivity index (χ1v) is 9.76. The maximum absolute atomic E-state index is 13.3. The average molecular weight is 445 g/mol. The number of hydrogen-bond donors (Lipinski definition) is 1. The minimum Gasteiger partial charge on any atom is -0.507 e. The van der Waals surface area contributed by atoms with Crippen molar-refractivity contribution in [2.45, 2.75) is 52.4 Å². The smallest absolute Gasteiger partial charge is 0.305 e. The molecule has 0 amide bonds. The van der Waals surface area contributed by atoms with Crippen LogP contribution in [-0.2, 0) is 33.3 Å². The number of pyridine rings is 1. The molecule has 1 aromatic carbocycles. The van der Waals surface area contributed by atoms with Crippen molar-refractivity contribution in [3.8, 4) is 16.9 Å². The van der Waals surface area contributed by atoms with Crippen LogP contribution in [0.5, 0.6) is 5.75 Å². The molecule has 1 N–H and O–H groups in total. The molecular weight excluding hydrogens is 422 g/mol. The summed E-state index contributed by atoms with van der Waals surface area (Å²) in [5, 5.41) is 10.4.